The van der Waals surface area contributed by atoms with Crippen LogP contribution in [0.3, 0.4) is 0 Å². The lowest BCUT2D eigenvalue weighted by atomic mass is 10.2. The highest BCUT2D eigenvalue weighted by Crippen LogP contribution is 2.26. The monoisotopic (exact) mass is 358 g/mol. The summed E-state index contributed by atoms with van der Waals surface area (Å²) in [5.41, 5.74) is -0.339. The fourth-order valence-electron chi connectivity index (χ4n) is 2.30. The number of halogens is 2. The summed E-state index contributed by atoms with van der Waals surface area (Å²) in [4.78, 5) is 29.6. The topological polar surface area (TPSA) is 79.8 Å². The van der Waals surface area contributed by atoms with E-state index in [4.69, 9.17) is 27.9 Å². The number of nitrogens with zero attached hydrogens (tertiary/aromatic N) is 4. The minimum atomic E-state index is -0.534. The smallest absolute Gasteiger partial charge is 0.354 e. The van der Waals surface area contributed by atoms with E-state index in [9.17, 15) is 9.59 Å². The van der Waals surface area contributed by atoms with Crippen LogP contribution in [-0.2, 0) is 22.9 Å². The van der Waals surface area contributed by atoms with Crippen LogP contribution < -0.4 is 11.4 Å². The van der Waals surface area contributed by atoms with Gasteiger partial charge in [-0.05, 0) is 12.1 Å². The van der Waals surface area contributed by atoms with E-state index in [1.54, 1.807) is 0 Å². The van der Waals surface area contributed by atoms with Gasteiger partial charge in [0.2, 0.25) is 0 Å². The van der Waals surface area contributed by atoms with E-state index in [0.29, 0.717) is 23.7 Å². The molecule has 0 bridgehead atoms. The summed E-state index contributed by atoms with van der Waals surface area (Å²) >= 11 is 12.2. The van der Waals surface area contributed by atoms with Crippen LogP contribution in [0.25, 0.3) is 5.69 Å². The molecular formula is C13H12Cl2N4O4. The van der Waals surface area contributed by atoms with Gasteiger partial charge in [-0.1, -0.05) is 28.4 Å². The van der Waals surface area contributed by atoms with Gasteiger partial charge < -0.3 is 9.57 Å². The van der Waals surface area contributed by atoms with Gasteiger partial charge in [0.05, 0.1) is 35.1 Å². The Hall–Kier alpha value is -2.03. The quantitative estimate of drug-likeness (QED) is 0.607. The highest BCUT2D eigenvalue weighted by atomic mass is 35.5. The van der Waals surface area contributed by atoms with Gasteiger partial charge in [0.1, 0.15) is 13.8 Å². The van der Waals surface area contributed by atoms with Crippen LogP contribution in [0.5, 0.6) is 0 Å². The first-order chi connectivity index (χ1) is 11.0. The van der Waals surface area contributed by atoms with Crippen LogP contribution in [-0.4, -0.2) is 33.9 Å². The molecule has 0 spiro atoms. The van der Waals surface area contributed by atoms with E-state index in [2.05, 4.69) is 9.99 Å². The first-order valence-corrected chi connectivity index (χ1v) is 7.36. The maximum Gasteiger partial charge on any atom is 0.354 e. The second-order valence-corrected chi connectivity index (χ2v) is 5.52. The van der Waals surface area contributed by atoms with Crippen molar-refractivity contribution in [3.05, 3.63) is 48.7 Å². The number of aromatic nitrogens is 3. The molecule has 0 saturated heterocycles. The van der Waals surface area contributed by atoms with Crippen molar-refractivity contribution < 1.29 is 9.57 Å². The van der Waals surface area contributed by atoms with Crippen LogP contribution in [0.4, 0.5) is 0 Å². The van der Waals surface area contributed by atoms with Gasteiger partial charge in [-0.3, -0.25) is 0 Å². The fraction of sp³-hybridized carbons (Fsp3) is 0.308. The molecule has 1 aromatic carbocycles. The number of hydrogen-bond acceptors (Lipinski definition) is 5. The molecule has 122 valence electrons. The maximum atomic E-state index is 12.5. The molecule has 0 saturated carbocycles. The number of ether oxygens (including phenoxy) is 1. The third-order valence-electron chi connectivity index (χ3n) is 3.38. The molecule has 10 heteroatoms. The van der Waals surface area contributed by atoms with Crippen molar-refractivity contribution in [1.29, 1.82) is 0 Å². The fourth-order valence-corrected chi connectivity index (χ4v) is 2.82. The van der Waals surface area contributed by atoms with Crippen molar-refractivity contribution in [2.45, 2.75) is 13.3 Å². The third kappa shape index (κ3) is 2.69. The molecule has 2 aromatic rings. The Kier molecular flexibility index (Phi) is 4.29. The van der Waals surface area contributed by atoms with Crippen molar-refractivity contribution >= 4 is 29.4 Å². The highest BCUT2D eigenvalue weighted by Gasteiger charge is 2.22. The average Bonchev–Trinajstić information content (AvgIpc) is 2.79. The molecule has 1 aliphatic rings. The highest BCUT2D eigenvalue weighted by molar-refractivity contribution is 6.37. The Morgan fingerprint density at radius 2 is 1.96 bits per heavy atom. The van der Waals surface area contributed by atoms with Gasteiger partial charge in [-0.2, -0.15) is 0 Å². The standard InChI is InChI=1S/C13H12Cl2N4O4/c1-22-16-6-8-4-11(10(15)5-9(8)14)19-12(20)17-2-3-23-7-18(17)13(19)21/h4-6H,2-3,7H2,1H3/b16-6+. The SMILES string of the molecule is CO/N=C/c1cc(-n2c(=O)n3n(c2=O)COCC3)c(Cl)cc1Cl. The van der Waals surface area contributed by atoms with Gasteiger partial charge >= 0.3 is 11.4 Å². The van der Waals surface area contributed by atoms with Crippen LogP contribution >= 0.6 is 23.2 Å². The Bertz CT molecular complexity index is 859. The van der Waals surface area contributed by atoms with Crippen molar-refractivity contribution in [2.75, 3.05) is 13.7 Å². The molecule has 3 rings (SSSR count). The summed E-state index contributed by atoms with van der Waals surface area (Å²) in [7, 11) is 1.39. The number of benzene rings is 1. The molecule has 0 aliphatic carbocycles. The molecule has 0 fully saturated rings. The Morgan fingerprint density at radius 1 is 1.22 bits per heavy atom. The second-order valence-electron chi connectivity index (χ2n) is 4.70. The van der Waals surface area contributed by atoms with Crippen molar-refractivity contribution in [1.82, 2.24) is 13.9 Å². The first-order valence-electron chi connectivity index (χ1n) is 6.61. The largest absolute Gasteiger partial charge is 0.399 e. The van der Waals surface area contributed by atoms with E-state index in [1.165, 1.54) is 34.8 Å². The predicted molar refractivity (Wildman–Crippen MR) is 84.9 cm³/mol. The number of hydrogen-bond donors (Lipinski definition) is 0. The maximum absolute atomic E-state index is 12.5. The van der Waals surface area contributed by atoms with Gasteiger partial charge in [0, 0.05) is 5.56 Å². The van der Waals surface area contributed by atoms with Crippen molar-refractivity contribution in [3.63, 3.8) is 0 Å². The van der Waals surface area contributed by atoms with E-state index in [-0.39, 0.29) is 17.4 Å². The Balaban J connectivity index is 2.24. The second kappa shape index (κ2) is 6.23. The molecule has 0 unspecified atom stereocenters. The van der Waals surface area contributed by atoms with Crippen LogP contribution in [0.2, 0.25) is 10.0 Å². The Labute approximate surface area is 140 Å². The Morgan fingerprint density at radius 3 is 2.65 bits per heavy atom. The molecule has 8 nitrogen and oxygen atoms in total. The van der Waals surface area contributed by atoms with Crippen molar-refractivity contribution in [3.8, 4) is 5.69 Å². The van der Waals surface area contributed by atoms with Crippen LogP contribution in [0.15, 0.2) is 26.9 Å². The summed E-state index contributed by atoms with van der Waals surface area (Å²) in [6.45, 7) is 0.679. The number of oxime groups is 1. The summed E-state index contributed by atoms with van der Waals surface area (Å²) < 4.78 is 8.73. The summed E-state index contributed by atoms with van der Waals surface area (Å²) in [5, 5.41) is 4.12. The van der Waals surface area contributed by atoms with Gasteiger partial charge in [-0.15, -0.1) is 0 Å². The van der Waals surface area contributed by atoms with Gasteiger partial charge in [0.15, 0.2) is 0 Å². The van der Waals surface area contributed by atoms with Crippen molar-refractivity contribution in [2.24, 2.45) is 5.16 Å². The number of rotatable bonds is 3. The first kappa shape index (κ1) is 15.9. The summed E-state index contributed by atoms with van der Waals surface area (Å²) in [5.74, 6) is 0. The molecule has 0 N–H and O–H groups in total. The zero-order valence-electron chi connectivity index (χ0n) is 12.0. The zero-order valence-corrected chi connectivity index (χ0v) is 13.5. The molecule has 2 heterocycles. The predicted octanol–water partition coefficient (Wildman–Crippen LogP) is 1.08. The third-order valence-corrected chi connectivity index (χ3v) is 4.01. The minimum Gasteiger partial charge on any atom is -0.399 e. The number of fused-ring (bicyclic) bond motifs is 1. The normalized spacial score (nSPS) is 14.2. The molecule has 0 radical (unpaired) electrons. The summed E-state index contributed by atoms with van der Waals surface area (Å²) in [6.07, 6.45) is 1.37. The minimum absolute atomic E-state index is 0.0181. The molecule has 0 amide bonds. The molecule has 23 heavy (non-hydrogen) atoms. The molecule has 1 aliphatic heterocycles. The lowest BCUT2D eigenvalue weighted by Gasteiger charge is -2.14. The van der Waals surface area contributed by atoms with E-state index >= 15 is 0 Å². The van der Waals surface area contributed by atoms with Gasteiger partial charge in [-0.25, -0.2) is 23.5 Å². The molecule has 0 atom stereocenters. The molecular weight excluding hydrogens is 347 g/mol. The van der Waals surface area contributed by atoms with Crippen LogP contribution in [0, 0.1) is 0 Å². The van der Waals surface area contributed by atoms with E-state index in [0.717, 1.165) is 4.57 Å². The van der Waals surface area contributed by atoms with Crippen LogP contribution in [0.1, 0.15) is 5.56 Å². The van der Waals surface area contributed by atoms with E-state index in [1.807, 2.05) is 0 Å². The lowest BCUT2D eigenvalue weighted by Crippen LogP contribution is -2.33. The van der Waals surface area contributed by atoms with E-state index < -0.39 is 11.4 Å². The summed E-state index contributed by atoms with van der Waals surface area (Å²) in [6, 6.07) is 2.95. The average molecular weight is 359 g/mol. The molecule has 1 aromatic heterocycles. The van der Waals surface area contributed by atoms with Gasteiger partial charge in [0.25, 0.3) is 0 Å². The lowest BCUT2D eigenvalue weighted by molar-refractivity contribution is 0.0119. The zero-order chi connectivity index (χ0) is 16.6.